The highest BCUT2D eigenvalue weighted by molar-refractivity contribution is 6.33. The van der Waals surface area contributed by atoms with E-state index in [1.165, 1.54) is 0 Å². The molecule has 2 nitrogen and oxygen atoms in total. The lowest BCUT2D eigenvalue weighted by molar-refractivity contribution is -0.00000590. The summed E-state index contributed by atoms with van der Waals surface area (Å²) in [5.74, 6) is 0.515. The van der Waals surface area contributed by atoms with Gasteiger partial charge >= 0.3 is 0 Å². The van der Waals surface area contributed by atoms with Crippen LogP contribution in [0.2, 0.25) is 0 Å². The maximum absolute atomic E-state index is 6.78. The maximum atomic E-state index is 6.78. The van der Waals surface area contributed by atoms with Crippen LogP contribution in [0.5, 0.6) is 0 Å². The van der Waals surface area contributed by atoms with Crippen molar-refractivity contribution in [2.45, 2.75) is 33.6 Å². The molecule has 1 unspecified atom stereocenters. The second-order valence-corrected chi connectivity index (χ2v) is 8.46. The first kappa shape index (κ1) is 22.3. The molecule has 1 aliphatic carbocycles. The van der Waals surface area contributed by atoms with Crippen molar-refractivity contribution in [1.82, 2.24) is 0 Å². The third-order valence-corrected chi connectivity index (χ3v) is 5.52. The topological polar surface area (TPSA) is 24.4 Å². The summed E-state index contributed by atoms with van der Waals surface area (Å²) < 4.78 is 0. The first-order chi connectivity index (χ1) is 12.9. The average Bonchev–Trinajstić information content (AvgIpc) is 2.67. The number of nitrogens with zero attached hydrogens (tertiary/aromatic N) is 1. The van der Waals surface area contributed by atoms with E-state index in [4.69, 9.17) is 11.6 Å². The molecule has 0 fully saturated rings. The number of rotatable bonds is 4. The van der Waals surface area contributed by atoms with E-state index in [1.807, 2.05) is 60.9 Å². The van der Waals surface area contributed by atoms with Crippen LogP contribution in [0, 0.1) is 11.3 Å². The molecule has 1 atom stereocenters. The molecule has 0 bridgehead atoms. The lowest BCUT2D eigenvalue weighted by Crippen LogP contribution is -3.00. The fourth-order valence-corrected chi connectivity index (χ4v) is 3.46. The number of anilines is 1. The van der Waals surface area contributed by atoms with E-state index in [2.05, 4.69) is 43.2 Å². The lowest BCUT2D eigenvalue weighted by atomic mass is 9.71. The average molecular weight is 414 g/mol. The molecule has 1 aliphatic rings. The first-order valence-electron chi connectivity index (χ1n) is 9.42. The molecular weight excluding hydrogens is 387 g/mol. The Morgan fingerprint density at radius 3 is 2.18 bits per heavy atom. The molecule has 0 spiro atoms. The molecular formula is C24H27Cl2N2-. The molecule has 0 aliphatic heterocycles. The Kier molecular flexibility index (Phi) is 7.91. The summed E-state index contributed by atoms with van der Waals surface area (Å²) >= 11 is 6.78. The van der Waals surface area contributed by atoms with Crippen molar-refractivity contribution < 1.29 is 12.4 Å². The van der Waals surface area contributed by atoms with Gasteiger partial charge in [-0.3, -0.25) is 4.99 Å². The van der Waals surface area contributed by atoms with Crippen LogP contribution in [0.15, 0.2) is 88.0 Å². The molecule has 4 heteroatoms. The minimum Gasteiger partial charge on any atom is -1.00 e. The van der Waals surface area contributed by atoms with Crippen molar-refractivity contribution >= 4 is 29.2 Å². The van der Waals surface area contributed by atoms with Crippen LogP contribution in [-0.4, -0.2) is 6.21 Å². The monoisotopic (exact) mass is 413 g/mol. The fraction of sp³-hybridized carbons (Fsp3) is 0.292. The van der Waals surface area contributed by atoms with Gasteiger partial charge in [0.05, 0.1) is 5.69 Å². The molecule has 2 aromatic rings. The predicted octanol–water partition coefficient (Wildman–Crippen LogP) is 4.34. The summed E-state index contributed by atoms with van der Waals surface area (Å²) in [7, 11) is 0. The van der Waals surface area contributed by atoms with Gasteiger partial charge in [0.15, 0.2) is 0 Å². The molecule has 0 heterocycles. The van der Waals surface area contributed by atoms with Crippen LogP contribution in [0.1, 0.15) is 33.6 Å². The number of allylic oxidation sites excluding steroid dienone is 3. The van der Waals surface area contributed by atoms with Crippen LogP contribution in [0.4, 0.5) is 11.4 Å². The van der Waals surface area contributed by atoms with Crippen molar-refractivity contribution in [2.24, 2.45) is 16.3 Å². The Labute approximate surface area is 179 Å². The molecule has 0 radical (unpaired) electrons. The molecule has 0 saturated heterocycles. The van der Waals surface area contributed by atoms with E-state index in [9.17, 15) is 0 Å². The zero-order chi connectivity index (χ0) is 19.3. The number of benzene rings is 2. The van der Waals surface area contributed by atoms with Crippen molar-refractivity contribution in [3.05, 3.63) is 83.0 Å². The Balaban J connectivity index is 0.00000280. The van der Waals surface area contributed by atoms with Gasteiger partial charge in [-0.15, -0.1) is 0 Å². The summed E-state index contributed by atoms with van der Waals surface area (Å²) in [5.41, 5.74) is 4.45. The highest BCUT2D eigenvalue weighted by Gasteiger charge is 2.31. The van der Waals surface area contributed by atoms with Crippen molar-refractivity contribution in [3.8, 4) is 0 Å². The lowest BCUT2D eigenvalue weighted by Gasteiger charge is -2.35. The van der Waals surface area contributed by atoms with Crippen LogP contribution in [0.25, 0.3) is 0 Å². The van der Waals surface area contributed by atoms with Gasteiger partial charge < -0.3 is 17.7 Å². The highest BCUT2D eigenvalue weighted by atomic mass is 35.5. The number of hydrogen-bond acceptors (Lipinski definition) is 2. The Morgan fingerprint density at radius 2 is 1.57 bits per heavy atom. The Hall–Kier alpha value is -2.03. The van der Waals surface area contributed by atoms with E-state index < -0.39 is 0 Å². The maximum Gasteiger partial charge on any atom is 0.0629 e. The molecule has 0 amide bonds. The summed E-state index contributed by atoms with van der Waals surface area (Å²) in [4.78, 5) is 4.63. The van der Waals surface area contributed by atoms with Crippen molar-refractivity contribution in [3.63, 3.8) is 0 Å². The van der Waals surface area contributed by atoms with Crippen molar-refractivity contribution in [2.75, 3.05) is 5.32 Å². The van der Waals surface area contributed by atoms with Crippen LogP contribution in [-0.2, 0) is 0 Å². The third kappa shape index (κ3) is 5.98. The van der Waals surface area contributed by atoms with Crippen LogP contribution in [0.3, 0.4) is 0 Å². The van der Waals surface area contributed by atoms with E-state index in [0.717, 1.165) is 40.4 Å². The number of para-hydroxylation sites is 2. The smallest absolute Gasteiger partial charge is 0.0629 e. The van der Waals surface area contributed by atoms with E-state index >= 15 is 0 Å². The van der Waals surface area contributed by atoms with Gasteiger partial charge in [-0.2, -0.15) is 0 Å². The molecule has 0 aromatic heterocycles. The molecule has 148 valence electrons. The summed E-state index contributed by atoms with van der Waals surface area (Å²) in [6.07, 6.45) is 5.89. The molecule has 28 heavy (non-hydrogen) atoms. The van der Waals surface area contributed by atoms with E-state index in [0.29, 0.717) is 5.92 Å². The second-order valence-electron chi connectivity index (χ2n) is 8.08. The van der Waals surface area contributed by atoms with Crippen molar-refractivity contribution in [1.29, 1.82) is 0 Å². The number of nitrogens with one attached hydrogen (secondary N) is 1. The minimum absolute atomic E-state index is 0. The first-order valence-corrected chi connectivity index (χ1v) is 9.80. The van der Waals surface area contributed by atoms with Gasteiger partial charge in [0.2, 0.25) is 0 Å². The van der Waals surface area contributed by atoms with Gasteiger partial charge in [0.25, 0.3) is 0 Å². The zero-order valence-corrected chi connectivity index (χ0v) is 18.1. The zero-order valence-electron chi connectivity index (χ0n) is 16.6. The van der Waals surface area contributed by atoms with E-state index in [-0.39, 0.29) is 17.8 Å². The normalized spacial score (nSPS) is 19.0. The molecule has 3 rings (SSSR count). The van der Waals surface area contributed by atoms with Crippen LogP contribution >= 0.6 is 11.6 Å². The number of hydrogen-bond donors (Lipinski definition) is 1. The Bertz CT molecular complexity index is 847. The summed E-state index contributed by atoms with van der Waals surface area (Å²) in [6.45, 7) is 6.89. The molecule has 0 saturated carbocycles. The minimum atomic E-state index is 0. The van der Waals surface area contributed by atoms with Gasteiger partial charge in [0.1, 0.15) is 0 Å². The summed E-state index contributed by atoms with van der Waals surface area (Å²) in [6, 6.07) is 20.2. The summed E-state index contributed by atoms with van der Waals surface area (Å²) in [5, 5.41) is 4.20. The predicted molar refractivity (Wildman–Crippen MR) is 118 cm³/mol. The second kappa shape index (κ2) is 9.95. The van der Waals surface area contributed by atoms with Gasteiger partial charge in [-0.25, -0.2) is 0 Å². The number of halogens is 2. The largest absolute Gasteiger partial charge is 1.00 e. The van der Waals surface area contributed by atoms with Crippen LogP contribution < -0.4 is 17.7 Å². The highest BCUT2D eigenvalue weighted by Crippen LogP contribution is 2.43. The van der Waals surface area contributed by atoms with Gasteiger partial charge in [0, 0.05) is 23.1 Å². The Morgan fingerprint density at radius 1 is 0.964 bits per heavy atom. The fourth-order valence-electron chi connectivity index (χ4n) is 3.20. The number of aliphatic imine (C=N–C) groups is 1. The van der Waals surface area contributed by atoms with E-state index in [1.54, 1.807) is 0 Å². The third-order valence-electron chi connectivity index (χ3n) is 5.03. The van der Waals surface area contributed by atoms with Gasteiger partial charge in [-0.1, -0.05) is 68.8 Å². The molecule has 2 aromatic carbocycles. The standard InChI is InChI=1S/C24H27ClN2.ClH/c1-24(2,3)20-14-18(16-26-21-10-6-4-7-11-21)23(25)19(15-20)17-27-22-12-8-5-9-13-22;/h4-13,16-17,20,26H,14-15H2,1-3H3;1H/p-1/b18-16+,27-17?;. The quantitative estimate of drug-likeness (QED) is 0.740. The SMILES string of the molecule is CC(C)(C)C1CC(C=Nc2ccccc2)=C(Cl)/C(=C/Nc2ccccc2)C1.[Cl-]. The molecule has 1 N–H and O–H groups in total. The van der Waals surface area contributed by atoms with Gasteiger partial charge in [-0.05, 0) is 59.6 Å².